The molecule has 1 aliphatic rings. The lowest BCUT2D eigenvalue weighted by Gasteiger charge is -2.34. The first-order chi connectivity index (χ1) is 14.4. The minimum Gasteiger partial charge on any atom is -0.340 e. The number of benzene rings is 2. The van der Waals surface area contributed by atoms with E-state index in [9.17, 15) is 9.59 Å². The Balaban J connectivity index is 1.40. The second kappa shape index (κ2) is 10.9. The van der Waals surface area contributed by atoms with Crippen LogP contribution < -0.4 is 5.32 Å². The Labute approximate surface area is 190 Å². The second-order valence-corrected chi connectivity index (χ2v) is 8.68. The molecule has 0 atom stereocenters. The zero-order valence-electron chi connectivity index (χ0n) is 17.0. The van der Waals surface area contributed by atoms with Gasteiger partial charge in [0, 0.05) is 44.2 Å². The highest BCUT2D eigenvalue weighted by molar-refractivity contribution is 9.10. The maximum Gasteiger partial charge on any atom is 0.238 e. The summed E-state index contributed by atoms with van der Waals surface area (Å²) < 4.78 is 1.01. The van der Waals surface area contributed by atoms with E-state index in [0.717, 1.165) is 36.2 Å². The molecule has 0 radical (unpaired) electrons. The number of anilines is 1. The molecule has 8 heteroatoms. The molecule has 2 aromatic carbocycles. The van der Waals surface area contributed by atoms with Gasteiger partial charge in [-0.05, 0) is 23.8 Å². The number of carbonyl (C=O) groups is 2. The highest BCUT2D eigenvalue weighted by Crippen LogP contribution is 2.20. The van der Waals surface area contributed by atoms with Gasteiger partial charge in [0.1, 0.15) is 0 Å². The van der Waals surface area contributed by atoms with Gasteiger partial charge in [-0.3, -0.25) is 19.4 Å². The third-order valence-corrected chi connectivity index (χ3v) is 6.23. The molecule has 0 bridgehead atoms. The lowest BCUT2D eigenvalue weighted by atomic mass is 10.2. The molecule has 0 spiro atoms. The molecule has 1 fully saturated rings. The smallest absolute Gasteiger partial charge is 0.238 e. The SMILES string of the molecule is CN(Cc1ccccc1Br)C(=O)CN1CCN(CC(=O)Nc2ccccc2Cl)CC1. The zero-order chi connectivity index (χ0) is 21.5. The Hall–Kier alpha value is -1.93. The summed E-state index contributed by atoms with van der Waals surface area (Å²) in [6.45, 7) is 4.29. The molecule has 0 aromatic heterocycles. The number of para-hydroxylation sites is 1. The van der Waals surface area contributed by atoms with Gasteiger partial charge in [-0.1, -0.05) is 57.9 Å². The largest absolute Gasteiger partial charge is 0.340 e. The van der Waals surface area contributed by atoms with Crippen LogP contribution in [0, 0.1) is 0 Å². The summed E-state index contributed by atoms with van der Waals surface area (Å²) in [6.07, 6.45) is 0. The fraction of sp³-hybridized carbons (Fsp3) is 0.364. The van der Waals surface area contributed by atoms with E-state index in [1.165, 1.54) is 0 Å². The molecule has 1 saturated heterocycles. The van der Waals surface area contributed by atoms with E-state index in [1.54, 1.807) is 17.0 Å². The molecule has 3 rings (SSSR count). The topological polar surface area (TPSA) is 55.9 Å². The quantitative estimate of drug-likeness (QED) is 0.643. The van der Waals surface area contributed by atoms with Crippen LogP contribution in [0.3, 0.4) is 0 Å². The first kappa shape index (κ1) is 22.7. The standard InChI is InChI=1S/C22H26BrClN4O2/c1-26(14-17-6-2-3-7-18(17)23)22(30)16-28-12-10-27(11-13-28)15-21(29)25-20-9-5-4-8-19(20)24/h2-9H,10-16H2,1H3,(H,25,29). The average Bonchev–Trinajstić information content (AvgIpc) is 2.73. The maximum atomic E-state index is 12.6. The number of nitrogens with zero attached hydrogens (tertiary/aromatic N) is 3. The lowest BCUT2D eigenvalue weighted by molar-refractivity contribution is -0.132. The number of likely N-dealkylation sites (N-methyl/N-ethyl adjacent to an activating group) is 1. The van der Waals surface area contributed by atoms with Crippen LogP contribution in [0.1, 0.15) is 5.56 Å². The van der Waals surface area contributed by atoms with Crippen molar-refractivity contribution in [3.05, 3.63) is 63.6 Å². The zero-order valence-corrected chi connectivity index (χ0v) is 19.3. The van der Waals surface area contributed by atoms with Gasteiger partial charge in [0.05, 0.1) is 23.8 Å². The highest BCUT2D eigenvalue weighted by Gasteiger charge is 2.22. The van der Waals surface area contributed by atoms with Crippen molar-refractivity contribution in [3.63, 3.8) is 0 Å². The van der Waals surface area contributed by atoms with Crippen LogP contribution in [0.2, 0.25) is 5.02 Å². The van der Waals surface area contributed by atoms with Gasteiger partial charge in [0.15, 0.2) is 0 Å². The van der Waals surface area contributed by atoms with E-state index in [1.807, 2.05) is 43.4 Å². The Kier molecular flexibility index (Phi) is 8.27. The number of nitrogens with one attached hydrogen (secondary N) is 1. The summed E-state index contributed by atoms with van der Waals surface area (Å²) in [7, 11) is 1.83. The summed E-state index contributed by atoms with van der Waals surface area (Å²) >= 11 is 9.62. The molecule has 0 saturated carbocycles. The van der Waals surface area contributed by atoms with E-state index in [-0.39, 0.29) is 11.8 Å². The van der Waals surface area contributed by atoms with Crippen LogP contribution in [0.15, 0.2) is 53.0 Å². The molecule has 0 unspecified atom stereocenters. The fourth-order valence-corrected chi connectivity index (χ4v) is 3.94. The minimum atomic E-state index is -0.0826. The van der Waals surface area contributed by atoms with Crippen molar-refractivity contribution < 1.29 is 9.59 Å². The Morgan fingerprint density at radius 2 is 1.60 bits per heavy atom. The van der Waals surface area contributed by atoms with Crippen molar-refractivity contribution in [1.82, 2.24) is 14.7 Å². The van der Waals surface area contributed by atoms with E-state index in [4.69, 9.17) is 11.6 Å². The number of hydrogen-bond donors (Lipinski definition) is 1. The Morgan fingerprint density at radius 1 is 1.00 bits per heavy atom. The second-order valence-electron chi connectivity index (χ2n) is 7.42. The number of amides is 2. The third-order valence-electron chi connectivity index (χ3n) is 5.13. The number of carbonyl (C=O) groups excluding carboxylic acids is 2. The Bertz CT molecular complexity index is 887. The van der Waals surface area contributed by atoms with Gasteiger partial charge >= 0.3 is 0 Å². The molecular weight excluding hydrogens is 468 g/mol. The van der Waals surface area contributed by atoms with Crippen molar-refractivity contribution in [2.45, 2.75) is 6.54 Å². The lowest BCUT2D eigenvalue weighted by Crippen LogP contribution is -2.51. The molecule has 6 nitrogen and oxygen atoms in total. The van der Waals surface area contributed by atoms with Gasteiger partial charge in [-0.15, -0.1) is 0 Å². The van der Waals surface area contributed by atoms with E-state index < -0.39 is 0 Å². The van der Waals surface area contributed by atoms with Crippen LogP contribution in [-0.2, 0) is 16.1 Å². The molecule has 1 heterocycles. The van der Waals surface area contributed by atoms with Crippen LogP contribution in [-0.4, -0.2) is 72.8 Å². The first-order valence-electron chi connectivity index (χ1n) is 9.89. The fourth-order valence-electron chi connectivity index (χ4n) is 3.34. The van der Waals surface area contributed by atoms with Crippen LogP contribution >= 0.6 is 27.5 Å². The van der Waals surface area contributed by atoms with Crippen molar-refractivity contribution in [3.8, 4) is 0 Å². The molecule has 0 aliphatic carbocycles. The number of hydrogen-bond acceptors (Lipinski definition) is 4. The molecule has 30 heavy (non-hydrogen) atoms. The molecule has 1 N–H and O–H groups in total. The number of halogens is 2. The van der Waals surface area contributed by atoms with E-state index in [0.29, 0.717) is 30.3 Å². The molecule has 1 aliphatic heterocycles. The normalized spacial score (nSPS) is 15.0. The Morgan fingerprint density at radius 3 is 2.27 bits per heavy atom. The van der Waals surface area contributed by atoms with Gasteiger partial charge in [0.25, 0.3) is 0 Å². The number of piperazine rings is 1. The maximum absolute atomic E-state index is 12.6. The van der Waals surface area contributed by atoms with Gasteiger partial charge < -0.3 is 10.2 Å². The van der Waals surface area contributed by atoms with Crippen LogP contribution in [0.25, 0.3) is 0 Å². The van der Waals surface area contributed by atoms with Crippen LogP contribution in [0.5, 0.6) is 0 Å². The average molecular weight is 494 g/mol. The summed E-state index contributed by atoms with van der Waals surface area (Å²) in [5.74, 6) is 0.0106. The number of rotatable bonds is 7. The van der Waals surface area contributed by atoms with Crippen molar-refractivity contribution in [2.75, 3.05) is 51.6 Å². The van der Waals surface area contributed by atoms with Gasteiger partial charge in [-0.25, -0.2) is 0 Å². The minimum absolute atomic E-state index is 0.0826. The van der Waals surface area contributed by atoms with E-state index >= 15 is 0 Å². The molecular formula is C22H26BrClN4O2. The van der Waals surface area contributed by atoms with Gasteiger partial charge in [0.2, 0.25) is 11.8 Å². The van der Waals surface area contributed by atoms with Crippen molar-refractivity contribution in [2.24, 2.45) is 0 Å². The summed E-state index contributed by atoms with van der Waals surface area (Å²) in [5, 5.41) is 3.38. The summed E-state index contributed by atoms with van der Waals surface area (Å²) in [5.41, 5.74) is 1.71. The molecule has 2 amide bonds. The van der Waals surface area contributed by atoms with Gasteiger partial charge in [-0.2, -0.15) is 0 Å². The van der Waals surface area contributed by atoms with E-state index in [2.05, 4.69) is 31.0 Å². The first-order valence-corrected chi connectivity index (χ1v) is 11.1. The summed E-state index contributed by atoms with van der Waals surface area (Å²) in [6, 6.07) is 15.1. The highest BCUT2D eigenvalue weighted by atomic mass is 79.9. The van der Waals surface area contributed by atoms with Crippen LogP contribution in [0.4, 0.5) is 5.69 Å². The third kappa shape index (κ3) is 6.54. The molecule has 2 aromatic rings. The predicted octanol–water partition coefficient (Wildman–Crippen LogP) is 3.32. The molecule has 160 valence electrons. The van der Waals surface area contributed by atoms with Crippen molar-refractivity contribution >= 4 is 45.0 Å². The summed E-state index contributed by atoms with van der Waals surface area (Å²) in [4.78, 5) is 30.9. The monoisotopic (exact) mass is 492 g/mol. The van der Waals surface area contributed by atoms with Crippen molar-refractivity contribution in [1.29, 1.82) is 0 Å². The predicted molar refractivity (Wildman–Crippen MR) is 124 cm³/mol.